The number of piperidine rings is 1. The Morgan fingerprint density at radius 1 is 1.09 bits per heavy atom. The van der Waals surface area contributed by atoms with Crippen LogP contribution in [0.1, 0.15) is 38.2 Å². The lowest BCUT2D eigenvalue weighted by Crippen LogP contribution is -2.49. The van der Waals surface area contributed by atoms with Gasteiger partial charge in [-0.1, -0.05) is 24.3 Å². The largest absolute Gasteiger partial charge is 0.390 e. The fourth-order valence-corrected chi connectivity index (χ4v) is 4.46. The minimum Gasteiger partial charge on any atom is -0.390 e. The van der Waals surface area contributed by atoms with Gasteiger partial charge in [0.2, 0.25) is 0 Å². The lowest BCUT2D eigenvalue weighted by atomic mass is 9.87. The van der Waals surface area contributed by atoms with Crippen LogP contribution in [-0.2, 0) is 0 Å². The van der Waals surface area contributed by atoms with Crippen LogP contribution in [0.25, 0.3) is 10.8 Å². The molecule has 1 N–H and O–H groups in total. The summed E-state index contributed by atoms with van der Waals surface area (Å²) in [6.45, 7) is 1.96. The molecule has 2 heterocycles. The standard InChI is InChI=1S/C19H20N2O/c1-19(22)10-14-7-8-15(11-19)21(14)18-9-6-13(12-20)16-4-2-3-5-17(16)18/h2-6,9,14-15,22H,7-8,10-11H2,1H3/t14-,15-/m1/s1. The van der Waals surface area contributed by atoms with E-state index in [4.69, 9.17) is 0 Å². The van der Waals surface area contributed by atoms with Gasteiger partial charge >= 0.3 is 0 Å². The van der Waals surface area contributed by atoms with Crippen molar-refractivity contribution in [1.82, 2.24) is 0 Å². The van der Waals surface area contributed by atoms with E-state index in [0.29, 0.717) is 12.1 Å². The minimum atomic E-state index is -0.537. The molecular formula is C19H20N2O. The number of nitrogens with zero attached hydrogens (tertiary/aromatic N) is 2. The fraction of sp³-hybridized carbons (Fsp3) is 0.421. The van der Waals surface area contributed by atoms with Crippen molar-refractivity contribution in [3.05, 3.63) is 42.0 Å². The molecule has 0 spiro atoms. The molecule has 3 nitrogen and oxygen atoms in total. The molecule has 0 amide bonds. The quantitative estimate of drug-likeness (QED) is 0.873. The molecule has 0 saturated carbocycles. The van der Waals surface area contributed by atoms with Gasteiger partial charge in [-0.15, -0.1) is 0 Å². The highest BCUT2D eigenvalue weighted by molar-refractivity contribution is 5.98. The molecule has 112 valence electrons. The summed E-state index contributed by atoms with van der Waals surface area (Å²) >= 11 is 0. The highest BCUT2D eigenvalue weighted by Gasteiger charge is 2.45. The summed E-state index contributed by atoms with van der Waals surface area (Å²) in [5.41, 5.74) is 1.42. The Hall–Kier alpha value is -2.05. The van der Waals surface area contributed by atoms with E-state index in [1.54, 1.807) is 0 Å². The van der Waals surface area contributed by atoms with E-state index < -0.39 is 5.60 Å². The van der Waals surface area contributed by atoms with Gasteiger partial charge in [0.25, 0.3) is 0 Å². The van der Waals surface area contributed by atoms with E-state index in [1.807, 2.05) is 31.2 Å². The molecule has 0 unspecified atom stereocenters. The smallest absolute Gasteiger partial charge is 0.0998 e. The van der Waals surface area contributed by atoms with Crippen LogP contribution in [0.15, 0.2) is 36.4 Å². The van der Waals surface area contributed by atoms with Gasteiger partial charge in [0, 0.05) is 28.5 Å². The van der Waals surface area contributed by atoms with Crippen molar-refractivity contribution in [2.45, 2.75) is 50.3 Å². The predicted molar refractivity (Wildman–Crippen MR) is 87.8 cm³/mol. The van der Waals surface area contributed by atoms with Gasteiger partial charge in [-0.05, 0) is 44.7 Å². The highest BCUT2D eigenvalue weighted by atomic mass is 16.3. The van der Waals surface area contributed by atoms with Crippen molar-refractivity contribution in [2.24, 2.45) is 0 Å². The first kappa shape index (κ1) is 13.6. The normalized spacial score (nSPS) is 30.5. The number of hydrogen-bond acceptors (Lipinski definition) is 3. The second kappa shape index (κ2) is 4.72. The van der Waals surface area contributed by atoms with E-state index in [0.717, 1.165) is 42.0 Å². The van der Waals surface area contributed by atoms with Gasteiger partial charge < -0.3 is 10.0 Å². The molecule has 2 aliphatic heterocycles. The van der Waals surface area contributed by atoms with Crippen LogP contribution in [-0.4, -0.2) is 22.8 Å². The average Bonchev–Trinajstić information content (AvgIpc) is 2.78. The first-order valence-electron chi connectivity index (χ1n) is 8.02. The molecule has 2 bridgehead atoms. The zero-order valence-corrected chi connectivity index (χ0v) is 12.8. The molecule has 2 saturated heterocycles. The van der Waals surface area contributed by atoms with Crippen LogP contribution < -0.4 is 4.90 Å². The topological polar surface area (TPSA) is 47.3 Å². The molecule has 22 heavy (non-hydrogen) atoms. The first-order chi connectivity index (χ1) is 10.6. The van der Waals surface area contributed by atoms with E-state index >= 15 is 0 Å². The lowest BCUT2D eigenvalue weighted by Gasteiger charge is -2.44. The van der Waals surface area contributed by atoms with Crippen LogP contribution in [0.2, 0.25) is 0 Å². The minimum absolute atomic E-state index is 0.407. The second-order valence-corrected chi connectivity index (χ2v) is 6.99. The summed E-state index contributed by atoms with van der Waals surface area (Å²) in [7, 11) is 0. The molecule has 2 fully saturated rings. The summed E-state index contributed by atoms with van der Waals surface area (Å²) in [4.78, 5) is 2.50. The van der Waals surface area contributed by atoms with Crippen LogP contribution in [0, 0.1) is 11.3 Å². The van der Waals surface area contributed by atoms with Crippen LogP contribution in [0.5, 0.6) is 0 Å². The van der Waals surface area contributed by atoms with E-state index in [-0.39, 0.29) is 0 Å². The number of benzene rings is 2. The summed E-state index contributed by atoms with van der Waals surface area (Å²) in [5, 5.41) is 22.0. The molecule has 0 radical (unpaired) electrons. The number of anilines is 1. The number of rotatable bonds is 1. The zero-order valence-electron chi connectivity index (χ0n) is 12.8. The third-order valence-electron chi connectivity index (χ3n) is 5.27. The summed E-state index contributed by atoms with van der Waals surface area (Å²) in [6.07, 6.45) is 3.96. The molecule has 2 aromatic carbocycles. The van der Waals surface area contributed by atoms with E-state index in [2.05, 4.69) is 23.1 Å². The average molecular weight is 292 g/mol. The van der Waals surface area contributed by atoms with E-state index in [1.165, 1.54) is 5.69 Å². The molecule has 2 aliphatic rings. The van der Waals surface area contributed by atoms with Gasteiger partial charge in [0.05, 0.1) is 17.2 Å². The molecule has 0 aromatic heterocycles. The van der Waals surface area contributed by atoms with Crippen LogP contribution in [0.3, 0.4) is 0 Å². The molecule has 2 aromatic rings. The van der Waals surface area contributed by atoms with Gasteiger partial charge in [0.15, 0.2) is 0 Å². The van der Waals surface area contributed by atoms with Crippen molar-refractivity contribution < 1.29 is 5.11 Å². The maximum Gasteiger partial charge on any atom is 0.0998 e. The van der Waals surface area contributed by atoms with Crippen molar-refractivity contribution >= 4 is 16.5 Å². The van der Waals surface area contributed by atoms with Gasteiger partial charge in [-0.25, -0.2) is 0 Å². The van der Waals surface area contributed by atoms with Crippen molar-refractivity contribution in [2.75, 3.05) is 4.90 Å². The zero-order chi connectivity index (χ0) is 15.3. The molecular weight excluding hydrogens is 272 g/mol. The Balaban J connectivity index is 1.85. The summed E-state index contributed by atoms with van der Waals surface area (Å²) in [5.74, 6) is 0. The third kappa shape index (κ3) is 1.99. The van der Waals surface area contributed by atoms with Crippen molar-refractivity contribution in [1.29, 1.82) is 5.26 Å². The second-order valence-electron chi connectivity index (χ2n) is 6.99. The van der Waals surface area contributed by atoms with Gasteiger partial charge in [0.1, 0.15) is 0 Å². The number of aliphatic hydroxyl groups is 1. The molecule has 2 atom stereocenters. The SMILES string of the molecule is CC1(O)C[C@H]2CC[C@H](C1)N2c1ccc(C#N)c2ccccc12. The Morgan fingerprint density at radius 2 is 1.73 bits per heavy atom. The van der Waals surface area contributed by atoms with Gasteiger partial charge in [-0.2, -0.15) is 5.26 Å². The lowest BCUT2D eigenvalue weighted by molar-refractivity contribution is 0.0200. The Bertz CT molecular complexity index is 759. The van der Waals surface area contributed by atoms with E-state index in [9.17, 15) is 10.4 Å². The van der Waals surface area contributed by atoms with Crippen LogP contribution in [0.4, 0.5) is 5.69 Å². The summed E-state index contributed by atoms with van der Waals surface area (Å²) < 4.78 is 0. The fourth-order valence-electron chi connectivity index (χ4n) is 4.46. The third-order valence-corrected chi connectivity index (χ3v) is 5.27. The molecule has 3 heteroatoms. The number of nitriles is 1. The predicted octanol–water partition coefficient (Wildman–Crippen LogP) is 3.59. The Labute approximate surface area is 130 Å². The number of fused-ring (bicyclic) bond motifs is 3. The maximum absolute atomic E-state index is 10.4. The van der Waals surface area contributed by atoms with Crippen molar-refractivity contribution in [3.8, 4) is 6.07 Å². The maximum atomic E-state index is 10.4. The highest BCUT2D eigenvalue weighted by Crippen LogP contribution is 2.45. The molecule has 4 rings (SSSR count). The van der Waals surface area contributed by atoms with Crippen molar-refractivity contribution in [3.63, 3.8) is 0 Å². The number of hydrogen-bond donors (Lipinski definition) is 1. The Kier molecular flexibility index (Phi) is 2.92. The summed E-state index contributed by atoms with van der Waals surface area (Å²) in [6, 6.07) is 15.3. The monoisotopic (exact) mass is 292 g/mol. The van der Waals surface area contributed by atoms with Gasteiger partial charge in [-0.3, -0.25) is 0 Å². The van der Waals surface area contributed by atoms with Crippen LogP contribution >= 0.6 is 0 Å². The first-order valence-corrected chi connectivity index (χ1v) is 8.02. The Morgan fingerprint density at radius 3 is 2.36 bits per heavy atom. The molecule has 0 aliphatic carbocycles.